The van der Waals surface area contributed by atoms with Crippen LogP contribution in [-0.2, 0) is 6.42 Å². The summed E-state index contributed by atoms with van der Waals surface area (Å²) >= 11 is 6.17. The van der Waals surface area contributed by atoms with Gasteiger partial charge in [-0.1, -0.05) is 32.4 Å². The normalized spacial score (nSPS) is 11.1. The fourth-order valence-electron chi connectivity index (χ4n) is 2.12. The van der Waals surface area contributed by atoms with Crippen molar-refractivity contribution in [3.8, 4) is 0 Å². The number of hydrogen-bond donors (Lipinski definition) is 1. The zero-order valence-electron chi connectivity index (χ0n) is 13.2. The molecule has 1 aromatic heterocycles. The number of hydrogen-bond acceptors (Lipinski definition) is 4. The molecule has 1 aromatic rings. The van der Waals surface area contributed by atoms with E-state index in [0.717, 1.165) is 56.2 Å². The molecule has 1 rings (SSSR count). The van der Waals surface area contributed by atoms with Gasteiger partial charge in [-0.05, 0) is 32.9 Å². The molecule has 0 spiro atoms. The Bertz CT molecular complexity index is 409. The average molecular weight is 299 g/mol. The molecule has 0 aliphatic heterocycles. The highest BCUT2D eigenvalue weighted by molar-refractivity contribution is 6.30. The van der Waals surface area contributed by atoms with E-state index in [2.05, 4.69) is 41.0 Å². The second kappa shape index (κ2) is 9.14. The number of likely N-dealkylation sites (N-methyl/N-ethyl adjacent to an activating group) is 1. The van der Waals surface area contributed by atoms with Gasteiger partial charge in [0.05, 0.1) is 0 Å². The topological polar surface area (TPSA) is 41.1 Å². The maximum absolute atomic E-state index is 6.17. The maximum Gasteiger partial charge on any atom is 0.137 e. The molecule has 0 aliphatic rings. The Kier molecular flexibility index (Phi) is 7.85. The molecular formula is C15H27ClN4. The predicted octanol–water partition coefficient (Wildman–Crippen LogP) is 3.53. The molecule has 0 radical (unpaired) electrons. The second-order valence-electron chi connectivity index (χ2n) is 5.02. The summed E-state index contributed by atoms with van der Waals surface area (Å²) in [6.07, 6.45) is 3.08. The summed E-state index contributed by atoms with van der Waals surface area (Å²) in [5.74, 6) is 1.70. The molecule has 20 heavy (non-hydrogen) atoms. The Balaban J connectivity index is 2.62. The van der Waals surface area contributed by atoms with Crippen molar-refractivity contribution in [3.63, 3.8) is 0 Å². The van der Waals surface area contributed by atoms with Crippen LogP contribution in [0.5, 0.6) is 0 Å². The highest BCUT2D eigenvalue weighted by Gasteiger charge is 2.09. The molecule has 0 saturated heterocycles. The molecule has 0 amide bonds. The molecule has 0 fully saturated rings. The first-order valence-corrected chi connectivity index (χ1v) is 7.99. The van der Waals surface area contributed by atoms with E-state index in [4.69, 9.17) is 11.6 Å². The van der Waals surface area contributed by atoms with Gasteiger partial charge in [0.1, 0.15) is 16.8 Å². The van der Waals surface area contributed by atoms with E-state index < -0.39 is 0 Å². The van der Waals surface area contributed by atoms with E-state index in [1.807, 2.05) is 6.92 Å². The van der Waals surface area contributed by atoms with E-state index >= 15 is 0 Å². The second-order valence-corrected chi connectivity index (χ2v) is 5.37. The molecule has 0 aliphatic carbocycles. The molecular weight excluding hydrogens is 272 g/mol. The van der Waals surface area contributed by atoms with E-state index in [1.54, 1.807) is 0 Å². The minimum Gasteiger partial charge on any atom is -0.368 e. The monoisotopic (exact) mass is 298 g/mol. The van der Waals surface area contributed by atoms with Crippen molar-refractivity contribution in [2.75, 3.05) is 31.5 Å². The summed E-state index contributed by atoms with van der Waals surface area (Å²) < 4.78 is 0. The van der Waals surface area contributed by atoms with Crippen LogP contribution in [0.3, 0.4) is 0 Å². The van der Waals surface area contributed by atoms with Crippen LogP contribution >= 0.6 is 11.6 Å². The molecule has 0 atom stereocenters. The largest absolute Gasteiger partial charge is 0.368 e. The molecule has 0 saturated carbocycles. The standard InChI is InChI=1S/C15H27ClN4/c1-5-8-13-18-14(16)12(4)15(19-13)17-9-11-20(7-3)10-6-2/h5-11H2,1-4H3,(H,17,18,19). The van der Waals surface area contributed by atoms with Crippen LogP contribution in [0.4, 0.5) is 5.82 Å². The van der Waals surface area contributed by atoms with Crippen LogP contribution in [0, 0.1) is 6.92 Å². The predicted molar refractivity (Wildman–Crippen MR) is 86.7 cm³/mol. The number of aryl methyl sites for hydroxylation is 1. The lowest BCUT2D eigenvalue weighted by Crippen LogP contribution is -2.30. The smallest absolute Gasteiger partial charge is 0.137 e. The van der Waals surface area contributed by atoms with E-state index in [1.165, 1.54) is 6.42 Å². The minimum atomic E-state index is 0.562. The molecule has 0 aromatic carbocycles. The van der Waals surface area contributed by atoms with Crippen LogP contribution in [0.15, 0.2) is 0 Å². The van der Waals surface area contributed by atoms with Gasteiger partial charge in [-0.25, -0.2) is 9.97 Å². The van der Waals surface area contributed by atoms with Gasteiger partial charge in [0.15, 0.2) is 0 Å². The first kappa shape index (κ1) is 17.2. The van der Waals surface area contributed by atoms with Crippen LogP contribution in [0.1, 0.15) is 45.0 Å². The van der Waals surface area contributed by atoms with E-state index in [9.17, 15) is 0 Å². The Morgan fingerprint density at radius 2 is 1.85 bits per heavy atom. The van der Waals surface area contributed by atoms with Gasteiger partial charge < -0.3 is 10.2 Å². The summed E-state index contributed by atoms with van der Waals surface area (Å²) in [4.78, 5) is 11.3. The molecule has 4 nitrogen and oxygen atoms in total. The quantitative estimate of drug-likeness (QED) is 0.708. The van der Waals surface area contributed by atoms with Gasteiger partial charge >= 0.3 is 0 Å². The Morgan fingerprint density at radius 1 is 1.10 bits per heavy atom. The Labute approximate surface area is 127 Å². The van der Waals surface area contributed by atoms with Crippen molar-refractivity contribution in [2.24, 2.45) is 0 Å². The number of aromatic nitrogens is 2. The Hall–Kier alpha value is -0.870. The first-order chi connectivity index (χ1) is 9.62. The van der Waals surface area contributed by atoms with Crippen LogP contribution in [0.25, 0.3) is 0 Å². The van der Waals surface area contributed by atoms with Gasteiger partial charge in [0.25, 0.3) is 0 Å². The highest BCUT2D eigenvalue weighted by atomic mass is 35.5. The number of halogens is 1. The third kappa shape index (κ3) is 5.25. The lowest BCUT2D eigenvalue weighted by Gasteiger charge is -2.20. The first-order valence-electron chi connectivity index (χ1n) is 7.61. The maximum atomic E-state index is 6.17. The summed E-state index contributed by atoms with van der Waals surface area (Å²) in [7, 11) is 0. The zero-order valence-corrected chi connectivity index (χ0v) is 13.9. The molecule has 114 valence electrons. The van der Waals surface area contributed by atoms with Crippen molar-refractivity contribution in [2.45, 2.75) is 47.0 Å². The van der Waals surface area contributed by atoms with Crippen LogP contribution < -0.4 is 5.32 Å². The van der Waals surface area contributed by atoms with Gasteiger partial charge in [0, 0.05) is 25.1 Å². The van der Waals surface area contributed by atoms with Crippen molar-refractivity contribution >= 4 is 17.4 Å². The number of rotatable bonds is 9. The average Bonchev–Trinajstić information content (AvgIpc) is 2.43. The molecule has 1 N–H and O–H groups in total. The van der Waals surface area contributed by atoms with E-state index in [0.29, 0.717) is 5.15 Å². The van der Waals surface area contributed by atoms with E-state index in [-0.39, 0.29) is 0 Å². The molecule has 0 bridgehead atoms. The van der Waals surface area contributed by atoms with Gasteiger partial charge in [-0.2, -0.15) is 0 Å². The van der Waals surface area contributed by atoms with Crippen LogP contribution in [0.2, 0.25) is 5.15 Å². The number of nitrogens with one attached hydrogen (secondary N) is 1. The third-order valence-corrected chi connectivity index (χ3v) is 3.68. The molecule has 5 heteroatoms. The highest BCUT2D eigenvalue weighted by Crippen LogP contribution is 2.20. The van der Waals surface area contributed by atoms with Crippen molar-refractivity contribution < 1.29 is 0 Å². The molecule has 1 heterocycles. The van der Waals surface area contributed by atoms with Crippen molar-refractivity contribution in [1.29, 1.82) is 0 Å². The van der Waals surface area contributed by atoms with Gasteiger partial charge in [-0.3, -0.25) is 0 Å². The fraction of sp³-hybridized carbons (Fsp3) is 0.733. The SMILES string of the molecule is CCCc1nc(Cl)c(C)c(NCCN(CC)CCC)n1. The fourth-order valence-corrected chi connectivity index (χ4v) is 2.30. The number of nitrogens with zero attached hydrogens (tertiary/aromatic N) is 3. The van der Waals surface area contributed by atoms with Gasteiger partial charge in [0.2, 0.25) is 0 Å². The lowest BCUT2D eigenvalue weighted by molar-refractivity contribution is 0.300. The summed E-state index contributed by atoms with van der Waals surface area (Å²) in [5, 5.41) is 3.96. The van der Waals surface area contributed by atoms with Crippen LogP contribution in [-0.4, -0.2) is 41.0 Å². The third-order valence-electron chi connectivity index (χ3n) is 3.31. The summed E-state index contributed by atoms with van der Waals surface area (Å²) in [6, 6.07) is 0. The zero-order chi connectivity index (χ0) is 15.0. The minimum absolute atomic E-state index is 0.562. The van der Waals surface area contributed by atoms with Crippen molar-refractivity contribution in [3.05, 3.63) is 16.5 Å². The lowest BCUT2D eigenvalue weighted by atomic mass is 10.3. The van der Waals surface area contributed by atoms with Gasteiger partial charge in [-0.15, -0.1) is 0 Å². The Morgan fingerprint density at radius 3 is 2.45 bits per heavy atom. The van der Waals surface area contributed by atoms with Crippen molar-refractivity contribution in [1.82, 2.24) is 14.9 Å². The summed E-state index contributed by atoms with van der Waals surface area (Å²) in [5.41, 5.74) is 0.935. The molecule has 0 unspecified atom stereocenters. The summed E-state index contributed by atoms with van der Waals surface area (Å²) in [6.45, 7) is 12.6. The number of anilines is 1.